The van der Waals surface area contributed by atoms with Gasteiger partial charge in [0.05, 0.1) is 6.10 Å². The average molecular weight is 305 g/mol. The number of nitrogens with one attached hydrogen (secondary N) is 1. The highest BCUT2D eigenvalue weighted by atomic mass is 19.2. The van der Waals surface area contributed by atoms with Crippen molar-refractivity contribution >= 4 is 5.91 Å². The molecule has 0 bridgehead atoms. The Hall–Kier alpha value is -0.750. The van der Waals surface area contributed by atoms with Crippen LogP contribution in [0.2, 0.25) is 0 Å². The Morgan fingerprint density at radius 1 is 1.05 bits per heavy atom. The van der Waals surface area contributed by atoms with Crippen molar-refractivity contribution in [2.75, 3.05) is 6.61 Å². The number of carbonyl (C=O) groups is 1. The van der Waals surface area contributed by atoms with Gasteiger partial charge in [-0.05, 0) is 56.8 Å². The van der Waals surface area contributed by atoms with Gasteiger partial charge in [0, 0.05) is 13.0 Å². The topological polar surface area (TPSA) is 58.6 Å². The van der Waals surface area contributed by atoms with Crippen LogP contribution in [0.4, 0.5) is 8.78 Å². The van der Waals surface area contributed by atoms with Crippen molar-refractivity contribution in [3.63, 3.8) is 0 Å². The molecule has 2 N–H and O–H groups in total. The highest BCUT2D eigenvalue weighted by Gasteiger charge is 2.31. The smallest absolute Gasteiger partial charge is 0.243 e. The van der Waals surface area contributed by atoms with Gasteiger partial charge in [0.2, 0.25) is 5.91 Å². The fourth-order valence-corrected chi connectivity index (χ4v) is 3.39. The van der Waals surface area contributed by atoms with Crippen molar-refractivity contribution in [2.24, 2.45) is 11.8 Å². The number of rotatable bonds is 5. The molecule has 2 aliphatic rings. The summed E-state index contributed by atoms with van der Waals surface area (Å²) in [4.78, 5) is 11.1. The first-order valence-corrected chi connectivity index (χ1v) is 7.91. The zero-order valence-corrected chi connectivity index (χ0v) is 12.3. The molecule has 6 heteroatoms. The Bertz CT molecular complexity index is 335. The Morgan fingerprint density at radius 2 is 1.71 bits per heavy atom. The molecule has 3 unspecified atom stereocenters. The van der Waals surface area contributed by atoms with E-state index in [4.69, 9.17) is 9.94 Å². The summed E-state index contributed by atoms with van der Waals surface area (Å²) in [6.45, 7) is 0.513. The minimum Gasteiger partial charge on any atom is -0.378 e. The van der Waals surface area contributed by atoms with Gasteiger partial charge in [-0.1, -0.05) is 0 Å². The first-order chi connectivity index (χ1) is 10.1. The van der Waals surface area contributed by atoms with Crippen LogP contribution in [-0.2, 0) is 9.53 Å². The van der Waals surface area contributed by atoms with Gasteiger partial charge >= 0.3 is 0 Å². The van der Waals surface area contributed by atoms with Gasteiger partial charge in [0.25, 0.3) is 0 Å². The van der Waals surface area contributed by atoms with Gasteiger partial charge in [-0.3, -0.25) is 10.0 Å². The zero-order chi connectivity index (χ0) is 15.2. The van der Waals surface area contributed by atoms with E-state index < -0.39 is 12.3 Å². The molecule has 2 aliphatic carbocycles. The lowest BCUT2D eigenvalue weighted by Gasteiger charge is -2.31. The summed E-state index contributed by atoms with van der Waals surface area (Å²) in [5.74, 6) is 0.0930. The van der Waals surface area contributed by atoms with Gasteiger partial charge in [-0.25, -0.2) is 14.3 Å². The molecule has 0 spiro atoms. The van der Waals surface area contributed by atoms with E-state index >= 15 is 0 Å². The molecule has 3 atom stereocenters. The molecule has 1 amide bonds. The third-order valence-corrected chi connectivity index (χ3v) is 4.76. The van der Waals surface area contributed by atoms with Crippen molar-refractivity contribution in [3.05, 3.63) is 0 Å². The summed E-state index contributed by atoms with van der Waals surface area (Å²) in [6.07, 6.45) is 2.75. The lowest BCUT2D eigenvalue weighted by molar-refractivity contribution is -0.130. The summed E-state index contributed by atoms with van der Waals surface area (Å²) < 4.78 is 32.2. The molecule has 0 aromatic heterocycles. The molecule has 0 aromatic rings. The molecule has 0 heterocycles. The van der Waals surface area contributed by atoms with Crippen LogP contribution in [0.15, 0.2) is 0 Å². The van der Waals surface area contributed by atoms with Crippen LogP contribution >= 0.6 is 0 Å². The Balaban J connectivity index is 1.62. The molecule has 2 fully saturated rings. The molecule has 0 aromatic carbocycles. The van der Waals surface area contributed by atoms with Gasteiger partial charge in [0.1, 0.15) is 12.3 Å². The van der Waals surface area contributed by atoms with E-state index in [0.717, 1.165) is 25.7 Å². The standard InChI is InChI=1S/C15H25F2NO3/c16-13-6-3-11(7-14(13)17)9-21-12-4-1-10(2-5-12)8-15(19)18-20/h10-14,20H,1-9H2,(H,18,19). The fraction of sp³-hybridized carbons (Fsp3) is 0.933. The van der Waals surface area contributed by atoms with Crippen LogP contribution in [0.3, 0.4) is 0 Å². The number of amides is 1. The fourth-order valence-electron chi connectivity index (χ4n) is 3.39. The maximum Gasteiger partial charge on any atom is 0.243 e. The van der Waals surface area contributed by atoms with Crippen molar-refractivity contribution in [2.45, 2.75) is 69.8 Å². The summed E-state index contributed by atoms with van der Waals surface area (Å²) in [5.41, 5.74) is 1.66. The Labute approximate surface area is 124 Å². The first kappa shape index (κ1) is 16.6. The van der Waals surface area contributed by atoms with E-state index in [1.165, 1.54) is 0 Å². The van der Waals surface area contributed by atoms with Crippen LogP contribution in [-0.4, -0.2) is 36.2 Å². The largest absolute Gasteiger partial charge is 0.378 e. The molecule has 0 radical (unpaired) electrons. The number of hydrogen-bond donors (Lipinski definition) is 2. The SMILES string of the molecule is O=C(CC1CCC(OCC2CCC(F)C(F)C2)CC1)NO. The van der Waals surface area contributed by atoms with Gasteiger partial charge in [-0.2, -0.15) is 0 Å². The molecule has 4 nitrogen and oxygen atoms in total. The number of alkyl halides is 2. The second-order valence-electron chi connectivity index (χ2n) is 6.43. The Kier molecular flexibility index (Phi) is 6.36. The van der Waals surface area contributed by atoms with Gasteiger partial charge in [-0.15, -0.1) is 0 Å². The molecule has 2 rings (SSSR count). The normalized spacial score (nSPS) is 37.2. The lowest BCUT2D eigenvalue weighted by Crippen LogP contribution is -2.32. The monoisotopic (exact) mass is 305 g/mol. The maximum absolute atomic E-state index is 13.3. The summed E-state index contributed by atoms with van der Waals surface area (Å²) >= 11 is 0. The van der Waals surface area contributed by atoms with Crippen LogP contribution < -0.4 is 5.48 Å². The van der Waals surface area contributed by atoms with E-state index in [1.807, 2.05) is 0 Å². The van der Waals surface area contributed by atoms with Crippen LogP contribution in [0, 0.1) is 11.8 Å². The molecule has 2 saturated carbocycles. The highest BCUT2D eigenvalue weighted by molar-refractivity contribution is 5.74. The van der Waals surface area contributed by atoms with E-state index in [0.29, 0.717) is 31.8 Å². The molecular formula is C15H25F2NO3. The van der Waals surface area contributed by atoms with Gasteiger partial charge in [0.15, 0.2) is 0 Å². The predicted octanol–water partition coefficient (Wildman–Crippen LogP) is 2.93. The predicted molar refractivity (Wildman–Crippen MR) is 73.4 cm³/mol. The van der Waals surface area contributed by atoms with Gasteiger partial charge < -0.3 is 4.74 Å². The number of ether oxygens (including phenoxy) is 1. The first-order valence-electron chi connectivity index (χ1n) is 7.91. The van der Waals surface area contributed by atoms with Crippen LogP contribution in [0.1, 0.15) is 51.4 Å². The molecule has 0 saturated heterocycles. The second-order valence-corrected chi connectivity index (χ2v) is 6.43. The highest BCUT2D eigenvalue weighted by Crippen LogP contribution is 2.32. The molecule has 0 aliphatic heterocycles. The number of carbonyl (C=O) groups excluding carboxylic acids is 1. The number of hydroxylamine groups is 1. The van der Waals surface area contributed by atoms with Crippen molar-refractivity contribution < 1.29 is 23.5 Å². The van der Waals surface area contributed by atoms with Crippen molar-refractivity contribution in [1.29, 1.82) is 0 Å². The summed E-state index contributed by atoms with van der Waals surface area (Å²) in [6, 6.07) is 0. The lowest BCUT2D eigenvalue weighted by atomic mass is 9.84. The van der Waals surface area contributed by atoms with Crippen LogP contribution in [0.25, 0.3) is 0 Å². The minimum absolute atomic E-state index is 0.130. The third kappa shape index (κ3) is 5.18. The van der Waals surface area contributed by atoms with E-state index in [1.54, 1.807) is 5.48 Å². The maximum atomic E-state index is 13.3. The average Bonchev–Trinajstić information content (AvgIpc) is 2.50. The van der Waals surface area contributed by atoms with E-state index in [-0.39, 0.29) is 24.3 Å². The van der Waals surface area contributed by atoms with Crippen molar-refractivity contribution in [3.8, 4) is 0 Å². The molecular weight excluding hydrogens is 280 g/mol. The van der Waals surface area contributed by atoms with E-state index in [2.05, 4.69) is 0 Å². The summed E-state index contributed by atoms with van der Waals surface area (Å²) in [7, 11) is 0. The van der Waals surface area contributed by atoms with E-state index in [9.17, 15) is 13.6 Å². The number of hydrogen-bond acceptors (Lipinski definition) is 3. The molecule has 21 heavy (non-hydrogen) atoms. The van der Waals surface area contributed by atoms with Crippen molar-refractivity contribution in [1.82, 2.24) is 5.48 Å². The van der Waals surface area contributed by atoms with Crippen LogP contribution in [0.5, 0.6) is 0 Å². The Morgan fingerprint density at radius 3 is 2.33 bits per heavy atom. The molecule has 122 valence electrons. The zero-order valence-electron chi connectivity index (χ0n) is 12.3. The third-order valence-electron chi connectivity index (χ3n) is 4.76. The minimum atomic E-state index is -1.33. The number of halogens is 2. The second kappa shape index (κ2) is 8.03. The summed E-state index contributed by atoms with van der Waals surface area (Å²) in [5, 5.41) is 8.50. The quantitative estimate of drug-likeness (QED) is 0.606.